The fourth-order valence-corrected chi connectivity index (χ4v) is 2.69. The third-order valence-corrected chi connectivity index (χ3v) is 3.66. The second-order valence-electron chi connectivity index (χ2n) is 5.08. The van der Waals surface area contributed by atoms with Gasteiger partial charge in [0.1, 0.15) is 0 Å². The molecule has 0 amide bonds. The normalized spacial score (nSPS) is 32.8. The second kappa shape index (κ2) is 6.46. The number of hydrogen-bond acceptors (Lipinski definition) is 3. The molecule has 15 heavy (non-hydrogen) atoms. The molecule has 3 heteroatoms. The van der Waals surface area contributed by atoms with Gasteiger partial charge >= 0.3 is 0 Å². The molecule has 88 valence electrons. The molecule has 0 aromatic rings. The highest BCUT2D eigenvalue weighted by Gasteiger charge is 2.15. The summed E-state index contributed by atoms with van der Waals surface area (Å²) in [4.78, 5) is 0. The van der Waals surface area contributed by atoms with Crippen LogP contribution in [0, 0.1) is 11.8 Å². The molecule has 2 unspecified atom stereocenters. The highest BCUT2D eigenvalue weighted by atomic mass is 14.9. The van der Waals surface area contributed by atoms with Crippen molar-refractivity contribution in [3.63, 3.8) is 0 Å². The molecule has 2 aliphatic heterocycles. The SMILES string of the molecule is C1CNCC(CNCC2CCCNC2)C1. The van der Waals surface area contributed by atoms with Gasteiger partial charge in [-0.25, -0.2) is 0 Å². The molecule has 2 saturated heterocycles. The Morgan fingerprint density at radius 2 is 1.40 bits per heavy atom. The first kappa shape index (κ1) is 11.4. The Morgan fingerprint density at radius 1 is 0.867 bits per heavy atom. The fraction of sp³-hybridized carbons (Fsp3) is 1.00. The summed E-state index contributed by atoms with van der Waals surface area (Å²) in [5.74, 6) is 1.74. The molecule has 0 aromatic heterocycles. The molecule has 0 bridgehead atoms. The highest BCUT2D eigenvalue weighted by molar-refractivity contribution is 4.74. The Morgan fingerprint density at radius 3 is 1.80 bits per heavy atom. The van der Waals surface area contributed by atoms with Gasteiger partial charge in [0, 0.05) is 0 Å². The van der Waals surface area contributed by atoms with Crippen molar-refractivity contribution in [2.24, 2.45) is 11.8 Å². The van der Waals surface area contributed by atoms with E-state index < -0.39 is 0 Å². The third kappa shape index (κ3) is 4.09. The van der Waals surface area contributed by atoms with E-state index in [1.54, 1.807) is 0 Å². The first-order chi connectivity index (χ1) is 7.45. The Hall–Kier alpha value is -0.120. The molecule has 0 aliphatic carbocycles. The van der Waals surface area contributed by atoms with Gasteiger partial charge in [-0.2, -0.15) is 0 Å². The van der Waals surface area contributed by atoms with Gasteiger partial charge in [0.15, 0.2) is 0 Å². The molecule has 2 aliphatic rings. The van der Waals surface area contributed by atoms with Crippen LogP contribution in [0.4, 0.5) is 0 Å². The van der Waals surface area contributed by atoms with Crippen molar-refractivity contribution >= 4 is 0 Å². The average molecular weight is 211 g/mol. The van der Waals surface area contributed by atoms with Gasteiger partial charge in [-0.3, -0.25) is 0 Å². The van der Waals surface area contributed by atoms with Crippen molar-refractivity contribution in [1.29, 1.82) is 0 Å². The summed E-state index contributed by atoms with van der Waals surface area (Å²) in [5.41, 5.74) is 0. The average Bonchev–Trinajstić information content (AvgIpc) is 2.32. The summed E-state index contributed by atoms with van der Waals surface area (Å²) < 4.78 is 0. The predicted octanol–water partition coefficient (Wildman–Crippen LogP) is 0.575. The van der Waals surface area contributed by atoms with E-state index in [-0.39, 0.29) is 0 Å². The summed E-state index contributed by atoms with van der Waals surface area (Å²) in [7, 11) is 0. The Balaban J connectivity index is 1.53. The summed E-state index contributed by atoms with van der Waals surface area (Å²) in [6, 6.07) is 0. The number of hydrogen-bond donors (Lipinski definition) is 3. The Bertz CT molecular complexity index is 142. The molecular formula is C12H25N3. The monoisotopic (exact) mass is 211 g/mol. The third-order valence-electron chi connectivity index (χ3n) is 3.66. The maximum Gasteiger partial charge on any atom is -0.000825 e. The molecule has 3 N–H and O–H groups in total. The lowest BCUT2D eigenvalue weighted by molar-refractivity contribution is 0.323. The van der Waals surface area contributed by atoms with Crippen LogP contribution in [-0.4, -0.2) is 39.3 Å². The molecule has 0 spiro atoms. The lowest BCUT2D eigenvalue weighted by Gasteiger charge is -2.26. The lowest BCUT2D eigenvalue weighted by Crippen LogP contribution is -2.40. The van der Waals surface area contributed by atoms with E-state index in [2.05, 4.69) is 16.0 Å². The maximum atomic E-state index is 3.64. The van der Waals surface area contributed by atoms with Crippen LogP contribution in [-0.2, 0) is 0 Å². The van der Waals surface area contributed by atoms with Crippen molar-refractivity contribution in [2.75, 3.05) is 39.3 Å². The summed E-state index contributed by atoms with van der Waals surface area (Å²) >= 11 is 0. The molecule has 2 atom stereocenters. The predicted molar refractivity (Wildman–Crippen MR) is 64.1 cm³/mol. The van der Waals surface area contributed by atoms with E-state index >= 15 is 0 Å². The molecule has 2 rings (SSSR count). The van der Waals surface area contributed by atoms with Gasteiger partial charge < -0.3 is 16.0 Å². The first-order valence-corrected chi connectivity index (χ1v) is 6.57. The van der Waals surface area contributed by atoms with E-state index in [9.17, 15) is 0 Å². The maximum absolute atomic E-state index is 3.64. The quantitative estimate of drug-likeness (QED) is 0.636. The first-order valence-electron chi connectivity index (χ1n) is 6.57. The molecule has 0 radical (unpaired) electrons. The zero-order valence-electron chi connectivity index (χ0n) is 9.73. The van der Waals surface area contributed by atoms with Crippen LogP contribution in [0.2, 0.25) is 0 Å². The highest BCUT2D eigenvalue weighted by Crippen LogP contribution is 2.10. The second-order valence-corrected chi connectivity index (χ2v) is 5.08. The minimum absolute atomic E-state index is 0.871. The topological polar surface area (TPSA) is 36.1 Å². The Kier molecular flexibility index (Phi) is 4.90. The van der Waals surface area contributed by atoms with E-state index in [0.717, 1.165) is 11.8 Å². The van der Waals surface area contributed by atoms with Crippen LogP contribution in [0.1, 0.15) is 25.7 Å². The number of piperidine rings is 2. The molecule has 3 nitrogen and oxygen atoms in total. The van der Waals surface area contributed by atoms with Gasteiger partial charge in [-0.1, -0.05) is 0 Å². The van der Waals surface area contributed by atoms with Gasteiger partial charge in [-0.15, -0.1) is 0 Å². The number of nitrogens with one attached hydrogen (secondary N) is 3. The van der Waals surface area contributed by atoms with Crippen molar-refractivity contribution in [1.82, 2.24) is 16.0 Å². The fourth-order valence-electron chi connectivity index (χ4n) is 2.69. The minimum Gasteiger partial charge on any atom is -0.316 e. The van der Waals surface area contributed by atoms with Crippen LogP contribution in [0.25, 0.3) is 0 Å². The Labute approximate surface area is 93.4 Å². The molecule has 2 heterocycles. The van der Waals surface area contributed by atoms with Gasteiger partial charge in [0.05, 0.1) is 0 Å². The molecule has 0 saturated carbocycles. The minimum atomic E-state index is 0.871. The van der Waals surface area contributed by atoms with Crippen LogP contribution in [0.3, 0.4) is 0 Å². The smallest absolute Gasteiger partial charge is 0.000825 e. The standard InChI is InChI=1S/C12H25N3/c1-3-11(7-13-5-1)9-15-10-12-4-2-6-14-8-12/h11-15H,1-10H2. The summed E-state index contributed by atoms with van der Waals surface area (Å²) in [6.45, 7) is 7.31. The van der Waals surface area contributed by atoms with Crippen LogP contribution >= 0.6 is 0 Å². The lowest BCUT2D eigenvalue weighted by atomic mass is 9.97. The molecular weight excluding hydrogens is 186 g/mol. The van der Waals surface area contributed by atoms with Gasteiger partial charge in [0.2, 0.25) is 0 Å². The zero-order valence-corrected chi connectivity index (χ0v) is 9.73. The molecule has 0 aromatic carbocycles. The summed E-state index contributed by atoms with van der Waals surface area (Å²) in [5, 5.41) is 10.6. The van der Waals surface area contributed by atoms with Crippen LogP contribution in [0.5, 0.6) is 0 Å². The van der Waals surface area contributed by atoms with Crippen molar-refractivity contribution < 1.29 is 0 Å². The van der Waals surface area contributed by atoms with Crippen molar-refractivity contribution in [3.05, 3.63) is 0 Å². The van der Waals surface area contributed by atoms with E-state index in [4.69, 9.17) is 0 Å². The van der Waals surface area contributed by atoms with Crippen LogP contribution < -0.4 is 16.0 Å². The largest absolute Gasteiger partial charge is 0.316 e. The van der Waals surface area contributed by atoms with Gasteiger partial charge in [-0.05, 0) is 76.8 Å². The summed E-state index contributed by atoms with van der Waals surface area (Å²) in [6.07, 6.45) is 5.53. The van der Waals surface area contributed by atoms with Crippen LogP contribution in [0.15, 0.2) is 0 Å². The van der Waals surface area contributed by atoms with Gasteiger partial charge in [0.25, 0.3) is 0 Å². The van der Waals surface area contributed by atoms with E-state index in [1.807, 2.05) is 0 Å². The number of rotatable bonds is 4. The van der Waals surface area contributed by atoms with E-state index in [0.29, 0.717) is 0 Å². The zero-order chi connectivity index (χ0) is 10.3. The molecule has 2 fully saturated rings. The van der Waals surface area contributed by atoms with Crippen molar-refractivity contribution in [3.8, 4) is 0 Å². The van der Waals surface area contributed by atoms with E-state index in [1.165, 1.54) is 65.0 Å². The van der Waals surface area contributed by atoms with Crippen molar-refractivity contribution in [2.45, 2.75) is 25.7 Å².